The second-order valence-electron chi connectivity index (χ2n) is 5.69. The molecule has 1 aromatic heterocycles. The van der Waals surface area contributed by atoms with Crippen LogP contribution >= 0.6 is 11.8 Å². The van der Waals surface area contributed by atoms with Crippen LogP contribution in [0.1, 0.15) is 28.7 Å². The van der Waals surface area contributed by atoms with Crippen LogP contribution in [0, 0.1) is 0 Å². The van der Waals surface area contributed by atoms with E-state index in [0.29, 0.717) is 23.1 Å². The Labute approximate surface area is 160 Å². The van der Waals surface area contributed by atoms with Crippen LogP contribution in [0.2, 0.25) is 0 Å². The molecule has 0 saturated heterocycles. The van der Waals surface area contributed by atoms with Gasteiger partial charge in [-0.15, -0.1) is 10.2 Å². The fourth-order valence-electron chi connectivity index (χ4n) is 2.21. The standard InChI is InChI=1S/C19H18N4O3S/c1-13(17(24)21-22-18(25)15-10-6-3-7-11-15)27-19-23-20-16(26-19)12-14-8-4-2-5-9-14/h2-11,13H,12H2,1H3,(H,21,24)(H,22,25)/t13-/m1/s1. The van der Waals surface area contributed by atoms with E-state index in [0.717, 1.165) is 17.3 Å². The third kappa shape index (κ3) is 5.42. The Morgan fingerprint density at radius 3 is 2.37 bits per heavy atom. The van der Waals surface area contributed by atoms with E-state index in [1.807, 2.05) is 36.4 Å². The molecule has 138 valence electrons. The zero-order chi connectivity index (χ0) is 19.1. The highest BCUT2D eigenvalue weighted by Crippen LogP contribution is 2.22. The minimum Gasteiger partial charge on any atom is -0.416 e. The number of hydrogen-bond donors (Lipinski definition) is 2. The topological polar surface area (TPSA) is 97.1 Å². The predicted octanol–water partition coefficient (Wildman–Crippen LogP) is 2.60. The molecule has 0 spiro atoms. The van der Waals surface area contributed by atoms with Crippen molar-refractivity contribution in [2.45, 2.75) is 23.8 Å². The van der Waals surface area contributed by atoms with Crippen molar-refractivity contribution in [1.82, 2.24) is 21.0 Å². The van der Waals surface area contributed by atoms with Crippen LogP contribution in [0.25, 0.3) is 0 Å². The number of carbonyl (C=O) groups excluding carboxylic acids is 2. The average molecular weight is 382 g/mol. The van der Waals surface area contributed by atoms with Gasteiger partial charge in [0.15, 0.2) is 0 Å². The van der Waals surface area contributed by atoms with Gasteiger partial charge < -0.3 is 4.42 Å². The van der Waals surface area contributed by atoms with Gasteiger partial charge in [-0.05, 0) is 24.6 Å². The maximum atomic E-state index is 12.1. The number of aromatic nitrogens is 2. The molecule has 0 radical (unpaired) electrons. The van der Waals surface area contributed by atoms with Gasteiger partial charge in [0.2, 0.25) is 5.89 Å². The summed E-state index contributed by atoms with van der Waals surface area (Å²) in [6, 6.07) is 18.4. The molecule has 7 nitrogen and oxygen atoms in total. The lowest BCUT2D eigenvalue weighted by molar-refractivity contribution is -0.121. The number of amides is 2. The first kappa shape index (κ1) is 18.7. The summed E-state index contributed by atoms with van der Waals surface area (Å²) >= 11 is 1.13. The van der Waals surface area contributed by atoms with Crippen molar-refractivity contribution >= 4 is 23.6 Å². The molecule has 1 heterocycles. The summed E-state index contributed by atoms with van der Waals surface area (Å²) in [6.45, 7) is 1.69. The quantitative estimate of drug-likeness (QED) is 0.502. The molecule has 3 aromatic rings. The molecule has 0 aliphatic carbocycles. The van der Waals surface area contributed by atoms with E-state index in [2.05, 4.69) is 21.0 Å². The summed E-state index contributed by atoms with van der Waals surface area (Å²) < 4.78 is 5.58. The predicted molar refractivity (Wildman–Crippen MR) is 101 cm³/mol. The Bertz CT molecular complexity index is 900. The molecule has 8 heteroatoms. The summed E-state index contributed by atoms with van der Waals surface area (Å²) in [5.41, 5.74) is 6.30. The number of carbonyl (C=O) groups is 2. The van der Waals surface area contributed by atoms with Gasteiger partial charge in [0.05, 0.1) is 11.7 Å². The number of rotatable bonds is 6. The number of hydrogen-bond acceptors (Lipinski definition) is 6. The van der Waals surface area contributed by atoms with Gasteiger partial charge in [0, 0.05) is 5.56 Å². The highest BCUT2D eigenvalue weighted by Gasteiger charge is 2.19. The SMILES string of the molecule is C[C@@H](Sc1nnc(Cc2ccccc2)o1)C(=O)NNC(=O)c1ccccc1. The number of nitrogens with one attached hydrogen (secondary N) is 2. The molecular weight excluding hydrogens is 364 g/mol. The van der Waals surface area contributed by atoms with Crippen molar-refractivity contribution in [3.63, 3.8) is 0 Å². The van der Waals surface area contributed by atoms with Gasteiger partial charge in [-0.2, -0.15) is 0 Å². The van der Waals surface area contributed by atoms with E-state index in [1.54, 1.807) is 31.2 Å². The molecule has 2 N–H and O–H groups in total. The van der Waals surface area contributed by atoms with Crippen LogP contribution in [0.15, 0.2) is 70.3 Å². The highest BCUT2D eigenvalue weighted by molar-refractivity contribution is 8.00. The summed E-state index contributed by atoms with van der Waals surface area (Å²) in [5, 5.41) is 7.74. The zero-order valence-electron chi connectivity index (χ0n) is 14.6. The Kier molecular flexibility index (Phi) is 6.22. The minimum atomic E-state index is -0.522. The first-order chi connectivity index (χ1) is 13.1. The van der Waals surface area contributed by atoms with Crippen LogP contribution in [0.3, 0.4) is 0 Å². The lowest BCUT2D eigenvalue weighted by Gasteiger charge is -2.10. The summed E-state index contributed by atoms with van der Waals surface area (Å²) in [7, 11) is 0. The third-order valence-electron chi connectivity index (χ3n) is 3.63. The maximum absolute atomic E-state index is 12.1. The van der Waals surface area contributed by atoms with E-state index in [-0.39, 0.29) is 11.8 Å². The number of benzene rings is 2. The van der Waals surface area contributed by atoms with Crippen LogP contribution in [0.4, 0.5) is 0 Å². The molecule has 3 rings (SSSR count). The second-order valence-corrected chi connectivity index (χ2v) is 6.99. The molecule has 0 aliphatic heterocycles. The van der Waals surface area contributed by atoms with Gasteiger partial charge in [-0.3, -0.25) is 20.4 Å². The highest BCUT2D eigenvalue weighted by atomic mass is 32.2. The van der Waals surface area contributed by atoms with E-state index < -0.39 is 5.25 Å². The maximum Gasteiger partial charge on any atom is 0.277 e. The fraction of sp³-hybridized carbons (Fsp3) is 0.158. The second kappa shape index (κ2) is 9.00. The van der Waals surface area contributed by atoms with E-state index in [1.165, 1.54) is 0 Å². The Morgan fingerprint density at radius 1 is 1.00 bits per heavy atom. The van der Waals surface area contributed by atoms with Crippen molar-refractivity contribution in [2.24, 2.45) is 0 Å². The third-order valence-corrected chi connectivity index (χ3v) is 4.56. The van der Waals surface area contributed by atoms with Gasteiger partial charge in [0.1, 0.15) is 0 Å². The first-order valence-electron chi connectivity index (χ1n) is 8.30. The normalized spacial score (nSPS) is 11.6. The van der Waals surface area contributed by atoms with Gasteiger partial charge in [-0.25, -0.2) is 0 Å². The van der Waals surface area contributed by atoms with E-state index >= 15 is 0 Å². The van der Waals surface area contributed by atoms with Crippen molar-refractivity contribution in [3.05, 3.63) is 77.7 Å². The molecule has 0 unspecified atom stereocenters. The van der Waals surface area contributed by atoms with Gasteiger partial charge >= 0.3 is 0 Å². The minimum absolute atomic E-state index is 0.304. The van der Waals surface area contributed by atoms with Crippen molar-refractivity contribution < 1.29 is 14.0 Å². The number of thioether (sulfide) groups is 1. The molecule has 0 saturated carbocycles. The lowest BCUT2D eigenvalue weighted by Crippen LogP contribution is -2.44. The van der Waals surface area contributed by atoms with Crippen LogP contribution in [-0.2, 0) is 11.2 Å². The molecule has 2 aromatic carbocycles. The van der Waals surface area contributed by atoms with Crippen LogP contribution in [-0.4, -0.2) is 27.3 Å². The van der Waals surface area contributed by atoms with Crippen molar-refractivity contribution in [2.75, 3.05) is 0 Å². The molecule has 0 aliphatic rings. The van der Waals surface area contributed by atoms with Crippen LogP contribution in [0.5, 0.6) is 0 Å². The number of nitrogens with zero attached hydrogens (tertiary/aromatic N) is 2. The van der Waals surface area contributed by atoms with Crippen LogP contribution < -0.4 is 10.9 Å². The monoisotopic (exact) mass is 382 g/mol. The first-order valence-corrected chi connectivity index (χ1v) is 9.18. The van der Waals surface area contributed by atoms with E-state index in [9.17, 15) is 9.59 Å². The molecular formula is C19H18N4O3S. The van der Waals surface area contributed by atoms with Crippen molar-refractivity contribution in [1.29, 1.82) is 0 Å². The Balaban J connectivity index is 1.49. The molecule has 0 fully saturated rings. The molecule has 0 bridgehead atoms. The molecule has 1 atom stereocenters. The Morgan fingerprint density at radius 2 is 1.67 bits per heavy atom. The molecule has 27 heavy (non-hydrogen) atoms. The van der Waals surface area contributed by atoms with Crippen molar-refractivity contribution in [3.8, 4) is 0 Å². The molecule has 2 amide bonds. The average Bonchev–Trinajstić information content (AvgIpc) is 3.14. The number of hydrazine groups is 1. The largest absolute Gasteiger partial charge is 0.416 e. The van der Waals surface area contributed by atoms with Gasteiger partial charge in [-0.1, -0.05) is 60.3 Å². The van der Waals surface area contributed by atoms with Gasteiger partial charge in [0.25, 0.3) is 17.0 Å². The fourth-order valence-corrected chi connectivity index (χ4v) is 2.91. The summed E-state index contributed by atoms with van der Waals surface area (Å²) in [5.74, 6) is -0.273. The smallest absolute Gasteiger partial charge is 0.277 e. The summed E-state index contributed by atoms with van der Waals surface area (Å²) in [6.07, 6.45) is 0.530. The lowest BCUT2D eigenvalue weighted by atomic mass is 10.2. The zero-order valence-corrected chi connectivity index (χ0v) is 15.4. The van der Waals surface area contributed by atoms with E-state index in [4.69, 9.17) is 4.42 Å². The Hall–Kier alpha value is -3.13. The summed E-state index contributed by atoms with van der Waals surface area (Å²) in [4.78, 5) is 24.1.